The fraction of sp³-hybridized carbons (Fsp3) is 0.250. The Balaban J connectivity index is 0.00000112. The minimum atomic E-state index is -0.190. The van der Waals surface area contributed by atoms with Crippen LogP contribution in [0.4, 0.5) is 4.39 Å². The van der Waals surface area contributed by atoms with Crippen LogP contribution in [-0.2, 0) is 13.5 Å². The predicted octanol–water partition coefficient (Wildman–Crippen LogP) is 2.79. The van der Waals surface area contributed by atoms with Gasteiger partial charge in [-0.25, -0.2) is 9.37 Å². The minimum absolute atomic E-state index is 0. The van der Waals surface area contributed by atoms with Crippen LogP contribution < -0.4 is 0 Å². The Labute approximate surface area is 89.4 Å². The van der Waals surface area contributed by atoms with E-state index in [4.69, 9.17) is 0 Å². The molecule has 0 aliphatic heterocycles. The van der Waals surface area contributed by atoms with Crippen molar-refractivity contribution in [2.24, 2.45) is 7.05 Å². The first-order valence-electron chi connectivity index (χ1n) is 4.45. The SMILES string of the molecule is C.Cn1cncc1Cc1cccc(F)c1. The lowest BCUT2D eigenvalue weighted by Gasteiger charge is -2.02. The lowest BCUT2D eigenvalue weighted by molar-refractivity contribution is 0.625. The molecule has 0 N–H and O–H groups in total. The molecule has 2 rings (SSSR count). The van der Waals surface area contributed by atoms with E-state index in [-0.39, 0.29) is 13.2 Å². The maximum atomic E-state index is 12.9. The number of rotatable bonds is 2. The molecule has 80 valence electrons. The van der Waals surface area contributed by atoms with Gasteiger partial charge in [-0.1, -0.05) is 19.6 Å². The third kappa shape index (κ3) is 2.65. The van der Waals surface area contributed by atoms with Gasteiger partial charge in [-0.05, 0) is 17.7 Å². The zero-order valence-corrected chi connectivity index (χ0v) is 7.94. The summed E-state index contributed by atoms with van der Waals surface area (Å²) in [5.74, 6) is -0.190. The third-order valence-corrected chi connectivity index (χ3v) is 2.19. The van der Waals surface area contributed by atoms with Gasteiger partial charge in [0.15, 0.2) is 0 Å². The van der Waals surface area contributed by atoms with Gasteiger partial charge in [0, 0.05) is 25.4 Å². The Morgan fingerprint density at radius 3 is 2.80 bits per heavy atom. The summed E-state index contributed by atoms with van der Waals surface area (Å²) >= 11 is 0. The Hall–Kier alpha value is -1.64. The highest BCUT2D eigenvalue weighted by Crippen LogP contribution is 2.09. The fourth-order valence-electron chi connectivity index (χ4n) is 1.41. The third-order valence-electron chi connectivity index (χ3n) is 2.19. The van der Waals surface area contributed by atoms with E-state index in [1.54, 1.807) is 24.7 Å². The second kappa shape index (κ2) is 4.73. The molecule has 0 radical (unpaired) electrons. The van der Waals surface area contributed by atoms with Crippen LogP contribution in [0, 0.1) is 5.82 Å². The largest absolute Gasteiger partial charge is 0.337 e. The summed E-state index contributed by atoms with van der Waals surface area (Å²) in [7, 11) is 1.93. The molecular formula is C12H15FN2. The quantitative estimate of drug-likeness (QED) is 0.738. The number of imidazole rings is 1. The summed E-state index contributed by atoms with van der Waals surface area (Å²) in [6, 6.07) is 6.64. The molecule has 0 unspecified atom stereocenters. The molecule has 15 heavy (non-hydrogen) atoms. The Kier molecular flexibility index (Phi) is 3.61. The van der Waals surface area contributed by atoms with E-state index < -0.39 is 0 Å². The average Bonchev–Trinajstić information content (AvgIpc) is 2.52. The first kappa shape index (κ1) is 11.4. The zero-order chi connectivity index (χ0) is 9.97. The topological polar surface area (TPSA) is 17.8 Å². The standard InChI is InChI=1S/C11H11FN2.CH4/c1-14-8-13-7-11(14)6-9-3-2-4-10(12)5-9;/h2-5,7-8H,6H2,1H3;1H4. The van der Waals surface area contributed by atoms with Crippen LogP contribution in [-0.4, -0.2) is 9.55 Å². The highest BCUT2D eigenvalue weighted by atomic mass is 19.1. The van der Waals surface area contributed by atoms with Gasteiger partial charge in [0.1, 0.15) is 5.82 Å². The van der Waals surface area contributed by atoms with Crippen LogP contribution in [0.25, 0.3) is 0 Å². The van der Waals surface area contributed by atoms with Crippen molar-refractivity contribution in [3.8, 4) is 0 Å². The van der Waals surface area contributed by atoms with Crippen molar-refractivity contribution in [2.75, 3.05) is 0 Å². The predicted molar refractivity (Wildman–Crippen MR) is 59.1 cm³/mol. The Morgan fingerprint density at radius 1 is 1.40 bits per heavy atom. The van der Waals surface area contributed by atoms with Crippen molar-refractivity contribution < 1.29 is 4.39 Å². The number of aromatic nitrogens is 2. The number of nitrogens with zero attached hydrogens (tertiary/aromatic N) is 2. The van der Waals surface area contributed by atoms with Gasteiger partial charge in [-0.3, -0.25) is 0 Å². The maximum absolute atomic E-state index is 12.9. The van der Waals surface area contributed by atoms with Gasteiger partial charge in [0.2, 0.25) is 0 Å². The van der Waals surface area contributed by atoms with Gasteiger partial charge >= 0.3 is 0 Å². The molecule has 2 nitrogen and oxygen atoms in total. The Bertz CT molecular complexity index is 435. The molecule has 0 aliphatic carbocycles. The summed E-state index contributed by atoms with van der Waals surface area (Å²) in [6.45, 7) is 0. The monoisotopic (exact) mass is 206 g/mol. The highest BCUT2D eigenvalue weighted by molar-refractivity contribution is 5.21. The van der Waals surface area contributed by atoms with Crippen molar-refractivity contribution in [1.82, 2.24) is 9.55 Å². The van der Waals surface area contributed by atoms with Crippen LogP contribution in [0.15, 0.2) is 36.8 Å². The zero-order valence-electron chi connectivity index (χ0n) is 7.94. The molecule has 0 amide bonds. The summed E-state index contributed by atoms with van der Waals surface area (Å²) < 4.78 is 14.8. The molecule has 0 fully saturated rings. The van der Waals surface area contributed by atoms with E-state index in [0.717, 1.165) is 11.3 Å². The lowest BCUT2D eigenvalue weighted by atomic mass is 10.1. The normalized spacial score (nSPS) is 9.73. The smallest absolute Gasteiger partial charge is 0.123 e. The van der Waals surface area contributed by atoms with Crippen LogP contribution in [0.5, 0.6) is 0 Å². The Morgan fingerprint density at radius 2 is 2.20 bits per heavy atom. The molecule has 1 aromatic heterocycles. The number of aryl methyl sites for hydroxylation is 1. The summed E-state index contributed by atoms with van der Waals surface area (Å²) in [5.41, 5.74) is 2.05. The molecule has 2 aromatic rings. The molecule has 0 saturated heterocycles. The molecule has 0 atom stereocenters. The maximum Gasteiger partial charge on any atom is 0.123 e. The van der Waals surface area contributed by atoms with E-state index in [2.05, 4.69) is 4.98 Å². The van der Waals surface area contributed by atoms with Crippen molar-refractivity contribution in [1.29, 1.82) is 0 Å². The van der Waals surface area contributed by atoms with Gasteiger partial charge in [-0.2, -0.15) is 0 Å². The van der Waals surface area contributed by atoms with E-state index in [1.807, 2.05) is 17.7 Å². The first-order valence-corrected chi connectivity index (χ1v) is 4.45. The van der Waals surface area contributed by atoms with Crippen LogP contribution in [0.1, 0.15) is 18.7 Å². The molecule has 0 saturated carbocycles. The second-order valence-electron chi connectivity index (χ2n) is 3.30. The number of hydrogen-bond donors (Lipinski definition) is 0. The van der Waals surface area contributed by atoms with E-state index in [1.165, 1.54) is 6.07 Å². The van der Waals surface area contributed by atoms with Crippen LogP contribution in [0.2, 0.25) is 0 Å². The molecule has 3 heteroatoms. The van der Waals surface area contributed by atoms with Crippen LogP contribution in [0.3, 0.4) is 0 Å². The minimum Gasteiger partial charge on any atom is -0.337 e. The summed E-state index contributed by atoms with van der Waals surface area (Å²) in [6.07, 6.45) is 4.26. The van der Waals surface area contributed by atoms with E-state index in [0.29, 0.717) is 6.42 Å². The number of benzene rings is 1. The second-order valence-corrected chi connectivity index (χ2v) is 3.30. The molecule has 1 aromatic carbocycles. The van der Waals surface area contributed by atoms with Crippen molar-refractivity contribution in [3.05, 3.63) is 53.9 Å². The van der Waals surface area contributed by atoms with E-state index >= 15 is 0 Å². The first-order chi connectivity index (χ1) is 6.75. The van der Waals surface area contributed by atoms with Gasteiger partial charge in [-0.15, -0.1) is 0 Å². The average molecular weight is 206 g/mol. The van der Waals surface area contributed by atoms with Crippen LogP contribution >= 0.6 is 0 Å². The number of halogens is 1. The highest BCUT2D eigenvalue weighted by Gasteiger charge is 2.00. The fourth-order valence-corrected chi connectivity index (χ4v) is 1.41. The lowest BCUT2D eigenvalue weighted by Crippen LogP contribution is -1.96. The molecule has 0 aliphatic rings. The van der Waals surface area contributed by atoms with Crippen molar-refractivity contribution in [2.45, 2.75) is 13.8 Å². The van der Waals surface area contributed by atoms with Crippen molar-refractivity contribution in [3.63, 3.8) is 0 Å². The molecular weight excluding hydrogens is 191 g/mol. The van der Waals surface area contributed by atoms with Gasteiger partial charge in [0.05, 0.1) is 6.33 Å². The number of hydrogen-bond acceptors (Lipinski definition) is 1. The molecule has 0 spiro atoms. The molecule has 1 heterocycles. The summed E-state index contributed by atoms with van der Waals surface area (Å²) in [4.78, 5) is 4.01. The van der Waals surface area contributed by atoms with Gasteiger partial charge in [0.25, 0.3) is 0 Å². The van der Waals surface area contributed by atoms with Crippen molar-refractivity contribution >= 4 is 0 Å². The van der Waals surface area contributed by atoms with E-state index in [9.17, 15) is 4.39 Å². The summed E-state index contributed by atoms with van der Waals surface area (Å²) in [5, 5.41) is 0. The molecule has 0 bridgehead atoms. The van der Waals surface area contributed by atoms with Gasteiger partial charge < -0.3 is 4.57 Å².